The van der Waals surface area contributed by atoms with Crippen molar-refractivity contribution in [2.75, 3.05) is 33.3 Å². The zero-order chi connectivity index (χ0) is 15.6. The molecule has 3 aliphatic rings. The number of fused-ring (bicyclic) bond motifs is 1. The van der Waals surface area contributed by atoms with Crippen molar-refractivity contribution in [2.24, 2.45) is 0 Å². The Morgan fingerprint density at radius 3 is 2.75 bits per heavy atom. The van der Waals surface area contributed by atoms with Crippen molar-refractivity contribution in [3.05, 3.63) is 17.0 Å². The Bertz CT molecular complexity index is 530. The van der Waals surface area contributed by atoms with Crippen LogP contribution in [-0.2, 0) is 24.1 Å². The summed E-state index contributed by atoms with van der Waals surface area (Å²) >= 11 is 0. The molecule has 0 saturated carbocycles. The van der Waals surface area contributed by atoms with E-state index in [1.54, 1.807) is 0 Å². The molecule has 136 valence electrons. The normalized spacial score (nSPS) is 28.0. The number of hydrogen-bond donors (Lipinski definition) is 0. The molecule has 5 nitrogen and oxygen atoms in total. The third kappa shape index (κ3) is 3.97. The van der Waals surface area contributed by atoms with Crippen LogP contribution >= 0.6 is 24.0 Å². The summed E-state index contributed by atoms with van der Waals surface area (Å²) in [5.74, 6) is 1.14. The second kappa shape index (κ2) is 8.47. The van der Waals surface area contributed by atoms with Gasteiger partial charge < -0.3 is 14.2 Å². The fourth-order valence-corrected chi connectivity index (χ4v) is 4.52. The molecular weight excluding hydrogens is 417 g/mol. The van der Waals surface area contributed by atoms with Crippen molar-refractivity contribution in [1.29, 1.82) is 0 Å². The van der Waals surface area contributed by atoms with E-state index < -0.39 is 0 Å². The fourth-order valence-electron chi connectivity index (χ4n) is 4.52. The number of aryl methyl sites for hydroxylation is 1. The molecule has 1 aromatic heterocycles. The summed E-state index contributed by atoms with van der Waals surface area (Å²) in [6.07, 6.45) is 8.97. The summed E-state index contributed by atoms with van der Waals surface area (Å²) in [6, 6.07) is 0.592. The highest BCUT2D eigenvalue weighted by atomic mass is 127. The molecule has 0 amide bonds. The minimum Gasteiger partial charge on any atom is -0.380 e. The van der Waals surface area contributed by atoms with Crippen LogP contribution in [0.2, 0.25) is 0 Å². The van der Waals surface area contributed by atoms with Crippen LogP contribution in [0.4, 0.5) is 0 Å². The van der Waals surface area contributed by atoms with Crippen molar-refractivity contribution >= 4 is 24.0 Å². The van der Waals surface area contributed by atoms with Crippen molar-refractivity contribution < 1.29 is 9.26 Å². The van der Waals surface area contributed by atoms with Gasteiger partial charge in [-0.3, -0.25) is 4.90 Å². The van der Waals surface area contributed by atoms with Gasteiger partial charge in [-0.05, 0) is 51.6 Å². The van der Waals surface area contributed by atoms with Crippen LogP contribution in [0.15, 0.2) is 4.52 Å². The van der Waals surface area contributed by atoms with Gasteiger partial charge >= 0.3 is 0 Å². The number of aromatic nitrogens is 1. The van der Waals surface area contributed by atoms with Gasteiger partial charge in [0, 0.05) is 44.8 Å². The van der Waals surface area contributed by atoms with Gasteiger partial charge in [0.05, 0.1) is 6.10 Å². The molecule has 0 unspecified atom stereocenters. The average Bonchev–Trinajstić information content (AvgIpc) is 3.30. The maximum Gasteiger partial charge on any atom is 0.140 e. The minimum atomic E-state index is 0. The first-order valence-corrected chi connectivity index (χ1v) is 9.29. The number of likely N-dealkylation sites (tertiary alicyclic amines) is 2. The predicted octanol–water partition coefficient (Wildman–Crippen LogP) is 2.86. The molecule has 2 atom stereocenters. The van der Waals surface area contributed by atoms with E-state index in [0.29, 0.717) is 12.1 Å². The van der Waals surface area contributed by atoms with Crippen LogP contribution in [0.3, 0.4) is 0 Å². The molecule has 2 aliphatic heterocycles. The zero-order valence-corrected chi connectivity index (χ0v) is 17.0. The lowest BCUT2D eigenvalue weighted by Crippen LogP contribution is -2.39. The monoisotopic (exact) mass is 447 g/mol. The molecule has 0 spiro atoms. The van der Waals surface area contributed by atoms with E-state index in [1.165, 1.54) is 56.6 Å². The van der Waals surface area contributed by atoms with E-state index in [2.05, 4.69) is 15.0 Å². The Labute approximate surface area is 162 Å². The Morgan fingerprint density at radius 2 is 1.96 bits per heavy atom. The van der Waals surface area contributed by atoms with E-state index >= 15 is 0 Å². The van der Waals surface area contributed by atoms with E-state index in [9.17, 15) is 0 Å². The lowest BCUT2D eigenvalue weighted by molar-refractivity contribution is 0.107. The largest absolute Gasteiger partial charge is 0.380 e. The highest BCUT2D eigenvalue weighted by molar-refractivity contribution is 14.0. The number of nitrogens with zero attached hydrogens (tertiary/aromatic N) is 3. The first-order valence-electron chi connectivity index (χ1n) is 9.29. The summed E-state index contributed by atoms with van der Waals surface area (Å²) in [5.41, 5.74) is 2.58. The molecule has 2 saturated heterocycles. The first-order chi connectivity index (χ1) is 11.3. The van der Waals surface area contributed by atoms with Crippen LogP contribution in [0, 0.1) is 0 Å². The Kier molecular flexibility index (Phi) is 6.56. The lowest BCUT2D eigenvalue weighted by Gasteiger charge is -2.27. The summed E-state index contributed by atoms with van der Waals surface area (Å²) in [5, 5.41) is 4.41. The molecule has 3 heterocycles. The van der Waals surface area contributed by atoms with Crippen LogP contribution in [0.5, 0.6) is 0 Å². The number of ether oxygens (including phenoxy) is 1. The van der Waals surface area contributed by atoms with Crippen LogP contribution in [0.25, 0.3) is 0 Å². The first kappa shape index (κ1) is 18.6. The summed E-state index contributed by atoms with van der Waals surface area (Å²) in [7, 11) is 1.85. The zero-order valence-electron chi connectivity index (χ0n) is 14.7. The predicted molar refractivity (Wildman–Crippen MR) is 104 cm³/mol. The van der Waals surface area contributed by atoms with Crippen molar-refractivity contribution in [1.82, 2.24) is 15.0 Å². The highest BCUT2D eigenvalue weighted by Gasteiger charge is 2.35. The van der Waals surface area contributed by atoms with E-state index in [-0.39, 0.29) is 24.0 Å². The third-order valence-corrected chi connectivity index (χ3v) is 5.87. The smallest absolute Gasteiger partial charge is 0.140 e. The number of hydrogen-bond acceptors (Lipinski definition) is 5. The van der Waals surface area contributed by atoms with Gasteiger partial charge in [0.1, 0.15) is 11.5 Å². The van der Waals surface area contributed by atoms with Gasteiger partial charge in [-0.25, -0.2) is 0 Å². The van der Waals surface area contributed by atoms with Gasteiger partial charge in [-0.2, -0.15) is 0 Å². The lowest BCUT2D eigenvalue weighted by atomic mass is 9.96. The standard InChI is InChI=1S/C18H29N3O2.HI/c1-22-15-10-14(11-20-8-4-5-9-20)21(12-15)13-17-16-6-2-3-7-18(16)23-19-17;/h14-15H,2-13H2,1H3;1H/t14-,15-;/m0./s1. The molecule has 6 heteroatoms. The van der Waals surface area contributed by atoms with Gasteiger partial charge in [-0.1, -0.05) is 5.16 Å². The van der Waals surface area contributed by atoms with Gasteiger partial charge in [0.2, 0.25) is 0 Å². The quantitative estimate of drug-likeness (QED) is 0.650. The van der Waals surface area contributed by atoms with Crippen LogP contribution in [-0.4, -0.2) is 60.4 Å². The van der Waals surface area contributed by atoms with E-state index in [1.807, 2.05) is 7.11 Å². The topological polar surface area (TPSA) is 41.7 Å². The number of halogens is 1. The van der Waals surface area contributed by atoms with E-state index in [4.69, 9.17) is 9.26 Å². The van der Waals surface area contributed by atoms with E-state index in [0.717, 1.165) is 38.1 Å². The Balaban J connectivity index is 0.00000169. The van der Waals surface area contributed by atoms with Crippen molar-refractivity contribution in [3.8, 4) is 0 Å². The Morgan fingerprint density at radius 1 is 1.17 bits per heavy atom. The number of rotatable bonds is 5. The SMILES string of the molecule is CO[C@H]1C[C@@H](CN2CCCC2)N(Cc2noc3c2CCCC3)C1.I. The molecule has 0 bridgehead atoms. The maximum atomic E-state index is 5.66. The summed E-state index contributed by atoms with van der Waals surface area (Å²) < 4.78 is 11.3. The fraction of sp³-hybridized carbons (Fsp3) is 0.833. The van der Waals surface area contributed by atoms with Gasteiger partial charge in [0.15, 0.2) is 0 Å². The van der Waals surface area contributed by atoms with Crippen LogP contribution < -0.4 is 0 Å². The molecule has 0 aromatic carbocycles. The molecular formula is C18H30IN3O2. The maximum absolute atomic E-state index is 5.66. The van der Waals surface area contributed by atoms with Crippen molar-refractivity contribution in [3.63, 3.8) is 0 Å². The molecule has 0 radical (unpaired) electrons. The minimum absolute atomic E-state index is 0. The Hall–Kier alpha value is -0.180. The summed E-state index contributed by atoms with van der Waals surface area (Å²) in [4.78, 5) is 5.20. The molecule has 1 aromatic rings. The molecule has 2 fully saturated rings. The van der Waals surface area contributed by atoms with Crippen LogP contribution in [0.1, 0.15) is 49.1 Å². The second-order valence-electron chi connectivity index (χ2n) is 7.42. The number of methoxy groups -OCH3 is 1. The van der Waals surface area contributed by atoms with Crippen molar-refractivity contribution in [2.45, 2.75) is 63.6 Å². The highest BCUT2D eigenvalue weighted by Crippen LogP contribution is 2.28. The second-order valence-corrected chi connectivity index (χ2v) is 7.42. The van der Waals surface area contributed by atoms with Gasteiger partial charge in [-0.15, -0.1) is 24.0 Å². The molecule has 0 N–H and O–H groups in total. The average molecular weight is 447 g/mol. The molecule has 4 rings (SSSR count). The van der Waals surface area contributed by atoms with Gasteiger partial charge in [0.25, 0.3) is 0 Å². The summed E-state index contributed by atoms with van der Waals surface area (Å²) in [6.45, 7) is 5.66. The molecule has 24 heavy (non-hydrogen) atoms. The third-order valence-electron chi connectivity index (χ3n) is 5.87. The molecule has 1 aliphatic carbocycles.